The van der Waals surface area contributed by atoms with Crippen LogP contribution < -0.4 is 15.4 Å². The van der Waals surface area contributed by atoms with Crippen molar-refractivity contribution in [2.24, 2.45) is 0 Å². The maximum absolute atomic E-state index is 13.0. The van der Waals surface area contributed by atoms with Gasteiger partial charge in [-0.25, -0.2) is 0 Å². The van der Waals surface area contributed by atoms with E-state index in [1.807, 2.05) is 54.6 Å². The average molecular weight is 446 g/mol. The predicted octanol–water partition coefficient (Wildman–Crippen LogP) is 2.46. The summed E-state index contributed by atoms with van der Waals surface area (Å²) in [6.45, 7) is 0.889. The van der Waals surface area contributed by atoms with Crippen LogP contribution in [-0.2, 0) is 13.0 Å². The molecule has 0 unspecified atom stereocenters. The third-order valence-corrected chi connectivity index (χ3v) is 5.47. The van der Waals surface area contributed by atoms with Crippen LogP contribution in [0, 0.1) is 0 Å². The lowest BCUT2D eigenvalue weighted by Crippen LogP contribution is -2.48. The van der Waals surface area contributed by atoms with Gasteiger partial charge in [-0.2, -0.15) is 15.4 Å². The lowest BCUT2D eigenvalue weighted by Gasteiger charge is -2.25. The molecule has 4 rings (SSSR count). The first-order valence-electron chi connectivity index (χ1n) is 10.8. The number of rotatable bonds is 10. The van der Waals surface area contributed by atoms with Gasteiger partial charge in [-0.15, -0.1) is 0 Å². The van der Waals surface area contributed by atoms with Crippen molar-refractivity contribution < 1.29 is 14.6 Å². The Bertz CT molecular complexity index is 1190. The van der Waals surface area contributed by atoms with E-state index < -0.39 is 12.1 Å². The van der Waals surface area contributed by atoms with Crippen LogP contribution in [0.25, 0.3) is 11.0 Å². The number of nitrogens with one attached hydrogen (secondary N) is 3. The molecular formula is C25H27N5O3. The van der Waals surface area contributed by atoms with Crippen molar-refractivity contribution in [1.29, 1.82) is 0 Å². The SMILES string of the molecule is COc1cccc(CNC[C@@H](O)[C@H](Cc2ccccc2)NC(=O)c2ccc3n[nH]nc3c2)c1. The van der Waals surface area contributed by atoms with Crippen LogP contribution in [0.4, 0.5) is 0 Å². The summed E-state index contributed by atoms with van der Waals surface area (Å²) in [5, 5.41) is 27.8. The molecule has 33 heavy (non-hydrogen) atoms. The number of H-pyrrole nitrogens is 1. The highest BCUT2D eigenvalue weighted by molar-refractivity contribution is 5.97. The largest absolute Gasteiger partial charge is 0.497 e. The van der Waals surface area contributed by atoms with Crippen molar-refractivity contribution in [3.63, 3.8) is 0 Å². The summed E-state index contributed by atoms with van der Waals surface area (Å²) in [7, 11) is 1.63. The van der Waals surface area contributed by atoms with E-state index in [1.165, 1.54) is 0 Å². The quantitative estimate of drug-likeness (QED) is 0.298. The van der Waals surface area contributed by atoms with Crippen molar-refractivity contribution in [2.75, 3.05) is 13.7 Å². The zero-order valence-electron chi connectivity index (χ0n) is 18.4. The Balaban J connectivity index is 1.43. The summed E-state index contributed by atoms with van der Waals surface area (Å²) in [6.07, 6.45) is -0.295. The Morgan fingerprint density at radius 1 is 1.00 bits per heavy atom. The molecule has 1 aromatic heterocycles. The van der Waals surface area contributed by atoms with Gasteiger partial charge in [0.25, 0.3) is 5.91 Å². The van der Waals surface area contributed by atoms with Gasteiger partial charge in [-0.3, -0.25) is 4.79 Å². The molecule has 1 amide bonds. The highest BCUT2D eigenvalue weighted by Crippen LogP contribution is 2.14. The van der Waals surface area contributed by atoms with E-state index in [9.17, 15) is 9.90 Å². The number of amides is 1. The Hall–Kier alpha value is -3.75. The molecule has 0 radical (unpaired) electrons. The summed E-state index contributed by atoms with van der Waals surface area (Å²) in [6, 6.07) is 22.2. The molecule has 8 heteroatoms. The average Bonchev–Trinajstić information content (AvgIpc) is 3.32. The van der Waals surface area contributed by atoms with Crippen molar-refractivity contribution in [3.05, 3.63) is 89.5 Å². The van der Waals surface area contributed by atoms with E-state index >= 15 is 0 Å². The fraction of sp³-hybridized carbons (Fsp3) is 0.240. The van der Waals surface area contributed by atoms with Gasteiger partial charge in [-0.1, -0.05) is 42.5 Å². The second-order valence-corrected chi connectivity index (χ2v) is 7.85. The Labute approximate surface area is 192 Å². The van der Waals surface area contributed by atoms with Crippen molar-refractivity contribution in [2.45, 2.75) is 25.1 Å². The van der Waals surface area contributed by atoms with Gasteiger partial charge in [-0.05, 0) is 47.9 Å². The second kappa shape index (κ2) is 10.7. The molecule has 8 nitrogen and oxygen atoms in total. The minimum absolute atomic E-state index is 0.271. The highest BCUT2D eigenvalue weighted by Gasteiger charge is 2.22. The van der Waals surface area contributed by atoms with E-state index in [0.717, 1.165) is 16.9 Å². The number of hydrogen-bond donors (Lipinski definition) is 4. The Kier molecular flexibility index (Phi) is 7.29. The van der Waals surface area contributed by atoms with Crippen molar-refractivity contribution in [1.82, 2.24) is 26.0 Å². The molecule has 0 bridgehead atoms. The van der Waals surface area contributed by atoms with E-state index in [-0.39, 0.29) is 5.91 Å². The molecule has 0 aliphatic carbocycles. The summed E-state index contributed by atoms with van der Waals surface area (Å²) >= 11 is 0. The van der Waals surface area contributed by atoms with Gasteiger partial charge in [0.05, 0.1) is 19.3 Å². The molecule has 0 aliphatic rings. The molecule has 3 aromatic carbocycles. The molecule has 170 valence electrons. The molecule has 4 N–H and O–H groups in total. The van der Waals surface area contributed by atoms with Gasteiger partial charge in [0, 0.05) is 18.7 Å². The van der Waals surface area contributed by atoms with Gasteiger partial charge in [0.2, 0.25) is 0 Å². The molecule has 0 aliphatic heterocycles. The van der Waals surface area contributed by atoms with Gasteiger partial charge in [0.1, 0.15) is 16.8 Å². The Morgan fingerprint density at radius 3 is 2.61 bits per heavy atom. The van der Waals surface area contributed by atoms with Crippen LogP contribution in [0.15, 0.2) is 72.8 Å². The van der Waals surface area contributed by atoms with E-state index in [2.05, 4.69) is 26.0 Å². The number of benzene rings is 3. The normalized spacial score (nSPS) is 12.9. The van der Waals surface area contributed by atoms with Crippen LogP contribution in [0.1, 0.15) is 21.5 Å². The van der Waals surface area contributed by atoms with Gasteiger partial charge >= 0.3 is 0 Å². The maximum Gasteiger partial charge on any atom is 0.251 e. The number of hydrogen-bond acceptors (Lipinski definition) is 6. The van der Waals surface area contributed by atoms with Crippen LogP contribution >= 0.6 is 0 Å². The maximum atomic E-state index is 13.0. The molecule has 0 saturated carbocycles. The number of aromatic nitrogens is 3. The second-order valence-electron chi connectivity index (χ2n) is 7.85. The summed E-state index contributed by atoms with van der Waals surface area (Å²) < 4.78 is 5.26. The number of methoxy groups -OCH3 is 1. The highest BCUT2D eigenvalue weighted by atomic mass is 16.5. The lowest BCUT2D eigenvalue weighted by molar-refractivity contribution is 0.0830. The third-order valence-electron chi connectivity index (χ3n) is 5.47. The molecule has 0 spiro atoms. The number of ether oxygens (including phenoxy) is 1. The smallest absolute Gasteiger partial charge is 0.251 e. The topological polar surface area (TPSA) is 112 Å². The fourth-order valence-corrected chi connectivity index (χ4v) is 3.67. The Morgan fingerprint density at radius 2 is 1.79 bits per heavy atom. The fourth-order valence-electron chi connectivity index (χ4n) is 3.67. The van der Waals surface area contributed by atoms with Crippen LogP contribution in [0.5, 0.6) is 5.75 Å². The summed E-state index contributed by atoms with van der Waals surface area (Å²) in [4.78, 5) is 13.0. The number of fused-ring (bicyclic) bond motifs is 1. The zero-order chi connectivity index (χ0) is 23.0. The molecule has 4 aromatic rings. The van der Waals surface area contributed by atoms with Crippen LogP contribution in [0.3, 0.4) is 0 Å². The summed E-state index contributed by atoms with van der Waals surface area (Å²) in [5.74, 6) is 0.515. The molecule has 0 fully saturated rings. The van der Waals surface area contributed by atoms with E-state index in [1.54, 1.807) is 25.3 Å². The van der Waals surface area contributed by atoms with Crippen molar-refractivity contribution in [3.8, 4) is 5.75 Å². The molecule has 2 atom stereocenters. The van der Waals surface area contributed by atoms with Crippen LogP contribution in [-0.4, -0.2) is 52.2 Å². The summed E-state index contributed by atoms with van der Waals surface area (Å²) in [5.41, 5.74) is 3.84. The molecule has 0 saturated heterocycles. The minimum atomic E-state index is -0.796. The number of nitrogens with zero attached hydrogens (tertiary/aromatic N) is 2. The number of aliphatic hydroxyl groups is 1. The molecular weight excluding hydrogens is 418 g/mol. The number of carbonyl (C=O) groups excluding carboxylic acids is 1. The predicted molar refractivity (Wildman–Crippen MR) is 126 cm³/mol. The van der Waals surface area contributed by atoms with Gasteiger partial charge < -0.3 is 20.5 Å². The first kappa shape index (κ1) is 22.4. The minimum Gasteiger partial charge on any atom is -0.497 e. The monoisotopic (exact) mass is 445 g/mol. The lowest BCUT2D eigenvalue weighted by atomic mass is 10.00. The zero-order valence-corrected chi connectivity index (χ0v) is 18.4. The number of carbonyl (C=O) groups is 1. The van der Waals surface area contributed by atoms with Crippen LogP contribution in [0.2, 0.25) is 0 Å². The first-order chi connectivity index (χ1) is 16.1. The standard InChI is InChI=1S/C25H27N5O3/c1-33-20-9-5-8-18(12-20)15-26-16-24(31)23(13-17-6-3-2-4-7-17)27-25(32)19-10-11-21-22(14-19)29-30-28-21/h2-12,14,23-24,26,31H,13,15-16H2,1H3,(H,27,32)(H,28,29,30)/t23-,24+/m0/s1. The van der Waals surface area contributed by atoms with Crippen molar-refractivity contribution >= 4 is 16.9 Å². The van der Waals surface area contributed by atoms with E-state index in [4.69, 9.17) is 4.74 Å². The molecule has 1 heterocycles. The van der Waals surface area contributed by atoms with E-state index in [0.29, 0.717) is 36.1 Å². The number of aromatic amines is 1. The first-order valence-corrected chi connectivity index (χ1v) is 10.8. The third kappa shape index (κ3) is 5.94. The van der Waals surface area contributed by atoms with Gasteiger partial charge in [0.15, 0.2) is 0 Å². The number of aliphatic hydroxyl groups excluding tert-OH is 1.